The smallest absolute Gasteiger partial charge is 0.252 e. The molecule has 132 valence electrons. The predicted octanol–water partition coefficient (Wildman–Crippen LogP) is 0.368. The monoisotopic (exact) mass is 344 g/mol. The van der Waals surface area contributed by atoms with Gasteiger partial charge in [0.25, 0.3) is 5.91 Å². The van der Waals surface area contributed by atoms with Gasteiger partial charge in [-0.2, -0.15) is 0 Å². The second-order valence-corrected chi connectivity index (χ2v) is 5.99. The first kappa shape index (κ1) is 17.0. The molecule has 1 unspecified atom stereocenters. The van der Waals surface area contributed by atoms with E-state index in [4.69, 9.17) is 16.2 Å². The van der Waals surface area contributed by atoms with E-state index in [-0.39, 0.29) is 29.9 Å². The molecule has 8 nitrogen and oxygen atoms in total. The highest BCUT2D eigenvalue weighted by Gasteiger charge is 2.25. The number of amides is 2. The summed E-state index contributed by atoms with van der Waals surface area (Å²) in [4.78, 5) is 29.0. The maximum absolute atomic E-state index is 11.8. The van der Waals surface area contributed by atoms with Gasteiger partial charge >= 0.3 is 0 Å². The van der Waals surface area contributed by atoms with E-state index >= 15 is 0 Å². The number of rotatable bonds is 4. The number of likely N-dealkylation sites (tertiary alicyclic amines) is 1. The average Bonchev–Trinajstić information content (AvgIpc) is 2.61. The number of ether oxygens (including phenoxy) is 1. The van der Waals surface area contributed by atoms with Crippen LogP contribution in [0.15, 0.2) is 24.4 Å². The molecule has 1 aliphatic heterocycles. The number of nitrogens with two attached hydrogens (primary N) is 2. The Balaban J connectivity index is 1.87. The first-order valence-electron chi connectivity index (χ1n) is 8.05. The van der Waals surface area contributed by atoms with Crippen LogP contribution in [0.2, 0.25) is 0 Å². The summed E-state index contributed by atoms with van der Waals surface area (Å²) in [6.45, 7) is 1.12. The van der Waals surface area contributed by atoms with Crippen LogP contribution in [0.1, 0.15) is 23.2 Å². The Morgan fingerprint density at radius 1 is 1.40 bits per heavy atom. The standard InChI is InChI=1S/C17H20N4O4/c18-8-16(23)21-5-1-2-10(9-21)25-15-3-4-20-13-6-12(17(19)24)14(22)7-11(13)15/h3-4,6-7,10,22H,1-2,5,8-9,18H2,(H2,19,24). The molecule has 5 N–H and O–H groups in total. The lowest BCUT2D eigenvalue weighted by Gasteiger charge is -2.32. The van der Waals surface area contributed by atoms with Gasteiger partial charge in [-0.1, -0.05) is 0 Å². The number of hydrogen-bond acceptors (Lipinski definition) is 6. The van der Waals surface area contributed by atoms with Crippen molar-refractivity contribution in [2.45, 2.75) is 18.9 Å². The van der Waals surface area contributed by atoms with Crippen molar-refractivity contribution in [2.75, 3.05) is 19.6 Å². The number of fused-ring (bicyclic) bond motifs is 1. The zero-order valence-corrected chi connectivity index (χ0v) is 13.6. The molecule has 25 heavy (non-hydrogen) atoms. The zero-order valence-electron chi connectivity index (χ0n) is 13.6. The predicted molar refractivity (Wildman–Crippen MR) is 91.2 cm³/mol. The number of pyridine rings is 1. The van der Waals surface area contributed by atoms with Gasteiger partial charge in [0.05, 0.1) is 24.2 Å². The number of aromatic hydroxyl groups is 1. The van der Waals surface area contributed by atoms with Crippen molar-refractivity contribution in [3.63, 3.8) is 0 Å². The molecule has 3 rings (SSSR count). The molecule has 1 aromatic carbocycles. The molecular weight excluding hydrogens is 324 g/mol. The van der Waals surface area contributed by atoms with Gasteiger partial charge in [-0.05, 0) is 31.0 Å². The largest absolute Gasteiger partial charge is 0.507 e. The van der Waals surface area contributed by atoms with E-state index in [2.05, 4.69) is 4.98 Å². The summed E-state index contributed by atoms with van der Waals surface area (Å²) in [6, 6.07) is 4.55. The second-order valence-electron chi connectivity index (χ2n) is 5.99. The number of primary amides is 1. The minimum Gasteiger partial charge on any atom is -0.507 e. The molecule has 0 aliphatic carbocycles. The van der Waals surface area contributed by atoms with E-state index in [0.29, 0.717) is 29.7 Å². The van der Waals surface area contributed by atoms with Gasteiger partial charge in [-0.3, -0.25) is 14.6 Å². The first-order chi connectivity index (χ1) is 12.0. The van der Waals surface area contributed by atoms with Crippen molar-refractivity contribution in [1.82, 2.24) is 9.88 Å². The van der Waals surface area contributed by atoms with Crippen molar-refractivity contribution in [3.05, 3.63) is 30.0 Å². The molecule has 0 bridgehead atoms. The van der Waals surface area contributed by atoms with Gasteiger partial charge in [-0.15, -0.1) is 0 Å². The maximum Gasteiger partial charge on any atom is 0.252 e. The summed E-state index contributed by atoms with van der Waals surface area (Å²) < 4.78 is 6.05. The summed E-state index contributed by atoms with van der Waals surface area (Å²) in [5, 5.41) is 10.6. The normalized spacial score (nSPS) is 17.5. The van der Waals surface area contributed by atoms with Crippen LogP contribution < -0.4 is 16.2 Å². The molecule has 2 heterocycles. The molecule has 0 spiro atoms. The van der Waals surface area contributed by atoms with E-state index in [1.165, 1.54) is 12.1 Å². The Hall–Kier alpha value is -2.87. The molecular formula is C17H20N4O4. The minimum absolute atomic E-state index is 0.00883. The summed E-state index contributed by atoms with van der Waals surface area (Å²) in [5.74, 6) is -0.517. The van der Waals surface area contributed by atoms with Gasteiger partial charge in [0.2, 0.25) is 5.91 Å². The van der Waals surface area contributed by atoms with Crippen LogP contribution in [0.4, 0.5) is 0 Å². The maximum atomic E-state index is 11.8. The van der Waals surface area contributed by atoms with E-state index in [0.717, 1.165) is 12.8 Å². The highest BCUT2D eigenvalue weighted by atomic mass is 16.5. The quantitative estimate of drug-likeness (QED) is 0.734. The Morgan fingerprint density at radius 2 is 2.20 bits per heavy atom. The van der Waals surface area contributed by atoms with Crippen LogP contribution in [0.5, 0.6) is 11.5 Å². The molecule has 1 saturated heterocycles. The molecule has 8 heteroatoms. The van der Waals surface area contributed by atoms with Crippen molar-refractivity contribution in [1.29, 1.82) is 0 Å². The summed E-state index contributed by atoms with van der Waals surface area (Å²) in [6.07, 6.45) is 3.03. The number of phenols is 1. The third-order valence-electron chi connectivity index (χ3n) is 4.28. The van der Waals surface area contributed by atoms with Crippen molar-refractivity contribution < 1.29 is 19.4 Å². The minimum atomic E-state index is -0.726. The fourth-order valence-corrected chi connectivity index (χ4v) is 3.03. The van der Waals surface area contributed by atoms with E-state index < -0.39 is 5.91 Å². The third-order valence-corrected chi connectivity index (χ3v) is 4.28. The zero-order chi connectivity index (χ0) is 18.0. The SMILES string of the molecule is NCC(=O)N1CCCC(Oc2ccnc3cc(C(N)=O)c(O)cc23)C1. The number of hydrogen-bond donors (Lipinski definition) is 3. The summed E-state index contributed by atoms with van der Waals surface area (Å²) in [5.41, 5.74) is 11.2. The van der Waals surface area contributed by atoms with Crippen LogP contribution in [0.25, 0.3) is 10.9 Å². The van der Waals surface area contributed by atoms with Gasteiger partial charge in [0.1, 0.15) is 17.6 Å². The highest BCUT2D eigenvalue weighted by molar-refractivity contribution is 6.00. The lowest BCUT2D eigenvalue weighted by Crippen LogP contribution is -2.46. The topological polar surface area (TPSA) is 132 Å². The Bertz CT molecular complexity index is 824. The number of carbonyl (C=O) groups is 2. The van der Waals surface area contributed by atoms with Crippen LogP contribution in [-0.2, 0) is 4.79 Å². The van der Waals surface area contributed by atoms with Crippen molar-refractivity contribution in [3.8, 4) is 11.5 Å². The molecule has 1 aliphatic rings. The Morgan fingerprint density at radius 3 is 2.92 bits per heavy atom. The lowest BCUT2D eigenvalue weighted by molar-refractivity contribution is -0.132. The lowest BCUT2D eigenvalue weighted by atomic mass is 10.1. The molecule has 0 saturated carbocycles. The van der Waals surface area contributed by atoms with Crippen LogP contribution in [-0.4, -0.2) is 52.5 Å². The molecule has 0 radical (unpaired) electrons. The van der Waals surface area contributed by atoms with E-state index in [9.17, 15) is 14.7 Å². The third kappa shape index (κ3) is 3.48. The van der Waals surface area contributed by atoms with Gasteiger partial charge in [0, 0.05) is 18.1 Å². The fraction of sp³-hybridized carbons (Fsp3) is 0.353. The summed E-state index contributed by atoms with van der Waals surface area (Å²) in [7, 11) is 0. The summed E-state index contributed by atoms with van der Waals surface area (Å²) >= 11 is 0. The van der Waals surface area contributed by atoms with Crippen LogP contribution in [0.3, 0.4) is 0 Å². The number of nitrogens with zero attached hydrogens (tertiary/aromatic N) is 2. The molecule has 2 aromatic rings. The van der Waals surface area contributed by atoms with Crippen LogP contribution >= 0.6 is 0 Å². The first-order valence-corrected chi connectivity index (χ1v) is 8.05. The van der Waals surface area contributed by atoms with E-state index in [1.54, 1.807) is 17.2 Å². The Labute approximate surface area is 144 Å². The van der Waals surface area contributed by atoms with Crippen molar-refractivity contribution >= 4 is 22.7 Å². The number of benzene rings is 1. The number of piperidine rings is 1. The number of aromatic nitrogens is 1. The fourth-order valence-electron chi connectivity index (χ4n) is 3.03. The second kappa shape index (κ2) is 6.94. The van der Waals surface area contributed by atoms with Gasteiger partial charge in [0.15, 0.2) is 0 Å². The van der Waals surface area contributed by atoms with Gasteiger partial charge in [-0.25, -0.2) is 0 Å². The molecule has 2 amide bonds. The molecule has 1 aromatic heterocycles. The number of carbonyl (C=O) groups excluding carboxylic acids is 2. The highest BCUT2D eigenvalue weighted by Crippen LogP contribution is 2.31. The molecule has 1 atom stereocenters. The average molecular weight is 344 g/mol. The Kier molecular flexibility index (Phi) is 4.71. The van der Waals surface area contributed by atoms with Crippen molar-refractivity contribution in [2.24, 2.45) is 11.5 Å². The van der Waals surface area contributed by atoms with Crippen LogP contribution in [0, 0.1) is 0 Å². The van der Waals surface area contributed by atoms with Gasteiger partial charge < -0.3 is 26.2 Å². The molecule has 1 fully saturated rings. The van der Waals surface area contributed by atoms with E-state index in [1.807, 2.05) is 0 Å².